The fourth-order valence-electron chi connectivity index (χ4n) is 2.56. The summed E-state index contributed by atoms with van der Waals surface area (Å²) in [6.45, 7) is 0.525. The summed E-state index contributed by atoms with van der Waals surface area (Å²) in [6.07, 6.45) is 1.55. The summed E-state index contributed by atoms with van der Waals surface area (Å²) in [5.74, 6) is 0.455. The zero-order chi connectivity index (χ0) is 19.3. The molecule has 1 N–H and O–H groups in total. The molecule has 0 unspecified atom stereocenters. The lowest BCUT2D eigenvalue weighted by molar-refractivity contribution is 0.0948. The van der Waals surface area contributed by atoms with E-state index in [1.54, 1.807) is 73.0 Å². The van der Waals surface area contributed by atoms with E-state index in [0.29, 0.717) is 17.9 Å². The van der Waals surface area contributed by atoms with Crippen LogP contribution in [-0.2, 0) is 23.1 Å². The van der Waals surface area contributed by atoms with E-state index < -0.39 is 10.0 Å². The largest absolute Gasteiger partial charge is 0.467 e. The van der Waals surface area contributed by atoms with Gasteiger partial charge in [0.05, 0.1) is 17.7 Å². The van der Waals surface area contributed by atoms with Crippen LogP contribution in [0.4, 0.5) is 0 Å². The van der Waals surface area contributed by atoms with Crippen LogP contribution in [0.25, 0.3) is 0 Å². The first-order valence-electron chi connectivity index (χ1n) is 8.38. The SMILES string of the molecule is CN(Cc1ccc(C(=O)NCc2ccco2)cc1)S(=O)(=O)c1ccccc1. The van der Waals surface area contributed by atoms with Crippen LogP contribution in [0.5, 0.6) is 0 Å². The molecule has 0 saturated carbocycles. The van der Waals surface area contributed by atoms with Crippen molar-refractivity contribution >= 4 is 15.9 Å². The van der Waals surface area contributed by atoms with Gasteiger partial charge in [-0.15, -0.1) is 0 Å². The highest BCUT2D eigenvalue weighted by atomic mass is 32.2. The van der Waals surface area contributed by atoms with Crippen LogP contribution in [0.2, 0.25) is 0 Å². The average Bonchev–Trinajstić information content (AvgIpc) is 3.21. The molecule has 0 atom stereocenters. The number of benzene rings is 2. The van der Waals surface area contributed by atoms with Gasteiger partial charge in [0.1, 0.15) is 5.76 Å². The lowest BCUT2D eigenvalue weighted by Gasteiger charge is -2.17. The maximum atomic E-state index is 12.6. The van der Waals surface area contributed by atoms with E-state index in [9.17, 15) is 13.2 Å². The Morgan fingerprint density at radius 1 is 1.00 bits per heavy atom. The molecule has 0 aliphatic carbocycles. The number of sulfonamides is 1. The van der Waals surface area contributed by atoms with Crippen molar-refractivity contribution in [3.05, 3.63) is 89.9 Å². The molecule has 0 saturated heterocycles. The number of carbonyl (C=O) groups excluding carboxylic acids is 1. The van der Waals surface area contributed by atoms with Gasteiger partial charge in [0.2, 0.25) is 10.0 Å². The van der Waals surface area contributed by atoms with Gasteiger partial charge in [0.25, 0.3) is 5.91 Å². The quantitative estimate of drug-likeness (QED) is 0.679. The highest BCUT2D eigenvalue weighted by Crippen LogP contribution is 2.16. The maximum Gasteiger partial charge on any atom is 0.251 e. The van der Waals surface area contributed by atoms with Crippen LogP contribution in [-0.4, -0.2) is 25.7 Å². The molecule has 0 spiro atoms. The Labute approximate surface area is 158 Å². The van der Waals surface area contributed by atoms with Gasteiger partial charge in [-0.1, -0.05) is 30.3 Å². The summed E-state index contributed by atoms with van der Waals surface area (Å²) in [6, 6.07) is 18.7. The second-order valence-electron chi connectivity index (χ2n) is 6.03. The third kappa shape index (κ3) is 4.64. The monoisotopic (exact) mass is 384 g/mol. The molecule has 3 aromatic rings. The minimum Gasteiger partial charge on any atom is -0.467 e. The van der Waals surface area contributed by atoms with Crippen molar-refractivity contribution in [2.45, 2.75) is 18.0 Å². The maximum absolute atomic E-state index is 12.6. The van der Waals surface area contributed by atoms with E-state index in [1.165, 1.54) is 11.4 Å². The second kappa shape index (κ2) is 8.20. The van der Waals surface area contributed by atoms with Gasteiger partial charge in [0.15, 0.2) is 0 Å². The van der Waals surface area contributed by atoms with Crippen LogP contribution in [0, 0.1) is 0 Å². The number of carbonyl (C=O) groups is 1. The molecule has 1 heterocycles. The fraction of sp³-hybridized carbons (Fsp3) is 0.150. The predicted octanol–water partition coefficient (Wildman–Crippen LogP) is 3.03. The number of hydrogen-bond donors (Lipinski definition) is 1. The normalized spacial score (nSPS) is 11.5. The Balaban J connectivity index is 1.62. The molecule has 0 fully saturated rings. The van der Waals surface area contributed by atoms with Gasteiger partial charge >= 0.3 is 0 Å². The van der Waals surface area contributed by atoms with Crippen molar-refractivity contribution in [2.75, 3.05) is 7.05 Å². The second-order valence-corrected chi connectivity index (χ2v) is 8.08. The van der Waals surface area contributed by atoms with Crippen molar-refractivity contribution in [2.24, 2.45) is 0 Å². The summed E-state index contributed by atoms with van der Waals surface area (Å²) in [4.78, 5) is 12.4. The Morgan fingerprint density at radius 2 is 1.70 bits per heavy atom. The van der Waals surface area contributed by atoms with Gasteiger partial charge in [-0.3, -0.25) is 4.79 Å². The summed E-state index contributed by atoms with van der Waals surface area (Å²) in [5, 5.41) is 2.77. The fourth-order valence-corrected chi connectivity index (χ4v) is 3.74. The molecule has 0 bridgehead atoms. The average molecular weight is 384 g/mol. The molecular formula is C20H20N2O4S. The molecule has 27 heavy (non-hydrogen) atoms. The van der Waals surface area contributed by atoms with Crippen LogP contribution in [0.3, 0.4) is 0 Å². The van der Waals surface area contributed by atoms with Gasteiger partial charge in [-0.2, -0.15) is 4.31 Å². The number of rotatable bonds is 7. The number of furan rings is 1. The predicted molar refractivity (Wildman–Crippen MR) is 101 cm³/mol. The molecule has 2 aromatic carbocycles. The van der Waals surface area contributed by atoms with Gasteiger partial charge in [0, 0.05) is 19.2 Å². The zero-order valence-electron chi connectivity index (χ0n) is 14.8. The smallest absolute Gasteiger partial charge is 0.251 e. The molecule has 3 rings (SSSR count). The van der Waals surface area contributed by atoms with Crippen molar-refractivity contribution in [1.29, 1.82) is 0 Å². The van der Waals surface area contributed by atoms with E-state index >= 15 is 0 Å². The van der Waals surface area contributed by atoms with Crippen LogP contribution >= 0.6 is 0 Å². The van der Waals surface area contributed by atoms with Gasteiger partial charge in [-0.25, -0.2) is 8.42 Å². The first kappa shape index (κ1) is 18.9. The molecule has 7 heteroatoms. The number of nitrogens with one attached hydrogen (secondary N) is 1. The first-order chi connectivity index (χ1) is 13.0. The highest BCUT2D eigenvalue weighted by molar-refractivity contribution is 7.89. The van der Waals surface area contributed by atoms with E-state index in [2.05, 4.69) is 5.32 Å². The highest BCUT2D eigenvalue weighted by Gasteiger charge is 2.20. The van der Waals surface area contributed by atoms with Crippen molar-refractivity contribution in [3.63, 3.8) is 0 Å². The minimum absolute atomic E-state index is 0.214. The Hall–Kier alpha value is -2.90. The topological polar surface area (TPSA) is 79.6 Å². The van der Waals surface area contributed by atoms with Crippen LogP contribution in [0.15, 0.2) is 82.3 Å². The van der Waals surface area contributed by atoms with Gasteiger partial charge < -0.3 is 9.73 Å². The Kier molecular flexibility index (Phi) is 5.73. The first-order valence-corrected chi connectivity index (χ1v) is 9.82. The Bertz CT molecular complexity index is 982. The lowest BCUT2D eigenvalue weighted by Crippen LogP contribution is -2.26. The zero-order valence-corrected chi connectivity index (χ0v) is 15.6. The lowest BCUT2D eigenvalue weighted by atomic mass is 10.1. The molecule has 0 aliphatic heterocycles. The summed E-state index contributed by atoms with van der Waals surface area (Å²) < 4.78 is 31.6. The van der Waals surface area contributed by atoms with Crippen molar-refractivity contribution < 1.29 is 17.6 Å². The van der Waals surface area contributed by atoms with Crippen LogP contribution < -0.4 is 5.32 Å². The number of amides is 1. The third-order valence-corrected chi connectivity index (χ3v) is 5.89. The summed E-state index contributed by atoms with van der Waals surface area (Å²) in [7, 11) is -2.02. The Morgan fingerprint density at radius 3 is 2.33 bits per heavy atom. The molecule has 6 nitrogen and oxygen atoms in total. The van der Waals surface area contributed by atoms with E-state index in [0.717, 1.165) is 5.56 Å². The number of hydrogen-bond acceptors (Lipinski definition) is 4. The number of nitrogens with zero attached hydrogens (tertiary/aromatic N) is 1. The van der Waals surface area contributed by atoms with E-state index in [4.69, 9.17) is 4.42 Å². The van der Waals surface area contributed by atoms with E-state index in [1.807, 2.05) is 0 Å². The van der Waals surface area contributed by atoms with Crippen LogP contribution in [0.1, 0.15) is 21.7 Å². The standard InChI is InChI=1S/C20H20N2O4S/c1-22(27(24,25)19-7-3-2-4-8-19)15-16-9-11-17(12-10-16)20(23)21-14-18-6-5-13-26-18/h2-13H,14-15H2,1H3,(H,21,23). The van der Waals surface area contributed by atoms with Crippen molar-refractivity contribution in [1.82, 2.24) is 9.62 Å². The molecular weight excluding hydrogens is 364 g/mol. The third-order valence-electron chi connectivity index (χ3n) is 4.08. The summed E-state index contributed by atoms with van der Waals surface area (Å²) >= 11 is 0. The molecule has 0 aliphatic rings. The van der Waals surface area contributed by atoms with Crippen molar-refractivity contribution in [3.8, 4) is 0 Å². The molecule has 1 amide bonds. The minimum atomic E-state index is -3.55. The van der Waals surface area contributed by atoms with Gasteiger partial charge in [-0.05, 0) is 42.0 Å². The summed E-state index contributed by atoms with van der Waals surface area (Å²) in [5.41, 5.74) is 1.29. The molecule has 140 valence electrons. The molecule has 1 aromatic heterocycles. The van der Waals surface area contributed by atoms with E-state index in [-0.39, 0.29) is 17.3 Å². The molecule has 0 radical (unpaired) electrons.